The van der Waals surface area contributed by atoms with Gasteiger partial charge in [0.2, 0.25) is 5.91 Å². The van der Waals surface area contributed by atoms with Gasteiger partial charge in [-0.25, -0.2) is 9.78 Å². The Morgan fingerprint density at radius 2 is 2.09 bits per heavy atom. The minimum absolute atomic E-state index is 0.0258. The van der Waals surface area contributed by atoms with Crippen LogP contribution in [0.3, 0.4) is 0 Å². The first-order valence-corrected chi connectivity index (χ1v) is 11.6. The smallest absolute Gasteiger partial charge is 0.338 e. The lowest BCUT2D eigenvalue weighted by molar-refractivity contribution is -0.139. The van der Waals surface area contributed by atoms with E-state index >= 15 is 0 Å². The molecule has 5 heterocycles. The molecule has 3 aliphatic heterocycles. The third kappa shape index (κ3) is 4.37. The summed E-state index contributed by atoms with van der Waals surface area (Å²) in [6.07, 6.45) is 5.44. The lowest BCUT2D eigenvalue weighted by Gasteiger charge is -2.46. The van der Waals surface area contributed by atoms with Crippen LogP contribution >= 0.6 is 0 Å². The molecule has 3 aromatic rings. The van der Waals surface area contributed by atoms with Crippen molar-refractivity contribution in [3.8, 4) is 5.82 Å². The molecule has 0 N–H and O–H groups in total. The van der Waals surface area contributed by atoms with Crippen molar-refractivity contribution in [2.24, 2.45) is 0 Å². The molecule has 2 aromatic heterocycles. The lowest BCUT2D eigenvalue weighted by atomic mass is 9.96. The average Bonchev–Trinajstić information content (AvgIpc) is 3.43. The van der Waals surface area contributed by atoms with Crippen LogP contribution in [0, 0.1) is 0 Å². The second kappa shape index (κ2) is 9.12. The molecule has 0 aliphatic carbocycles. The molecule has 0 radical (unpaired) electrons. The summed E-state index contributed by atoms with van der Waals surface area (Å²) in [5.74, 6) is 0.267. The van der Waals surface area contributed by atoms with Crippen LogP contribution in [0.2, 0.25) is 0 Å². The van der Waals surface area contributed by atoms with Gasteiger partial charge < -0.3 is 14.4 Å². The summed E-state index contributed by atoms with van der Waals surface area (Å²) < 4.78 is 12.7. The maximum Gasteiger partial charge on any atom is 0.338 e. The van der Waals surface area contributed by atoms with Gasteiger partial charge >= 0.3 is 5.97 Å². The lowest BCUT2D eigenvalue weighted by Crippen LogP contribution is -2.59. The van der Waals surface area contributed by atoms with Crippen molar-refractivity contribution in [1.29, 1.82) is 0 Å². The summed E-state index contributed by atoms with van der Waals surface area (Å²) in [5.41, 5.74) is 3.36. The highest BCUT2D eigenvalue weighted by atomic mass is 16.5. The van der Waals surface area contributed by atoms with Crippen molar-refractivity contribution in [3.63, 3.8) is 0 Å². The molecule has 6 rings (SSSR count). The molecule has 0 bridgehead atoms. The number of amides is 1. The van der Waals surface area contributed by atoms with Crippen LogP contribution in [-0.2, 0) is 27.1 Å². The number of carbonyl (C=O) groups is 2. The fourth-order valence-electron chi connectivity index (χ4n) is 4.85. The third-order valence-electron chi connectivity index (χ3n) is 6.78. The Labute approximate surface area is 200 Å². The number of esters is 1. The minimum Gasteiger partial charge on any atom is -0.462 e. The molecule has 12 nitrogen and oxygen atoms in total. The Morgan fingerprint density at radius 1 is 1.14 bits per heavy atom. The Kier molecular flexibility index (Phi) is 5.66. The number of hydrogen-bond acceptors (Lipinski definition) is 10. The molecule has 0 saturated carbocycles. The van der Waals surface area contributed by atoms with Crippen molar-refractivity contribution in [3.05, 3.63) is 59.3 Å². The number of fused-ring (bicyclic) bond motifs is 2. The van der Waals surface area contributed by atoms with Gasteiger partial charge in [-0.2, -0.15) is 4.68 Å². The van der Waals surface area contributed by atoms with Gasteiger partial charge in [0.05, 0.1) is 55.4 Å². The van der Waals surface area contributed by atoms with E-state index in [4.69, 9.17) is 9.47 Å². The molecule has 12 heteroatoms. The summed E-state index contributed by atoms with van der Waals surface area (Å²) in [4.78, 5) is 37.7. The van der Waals surface area contributed by atoms with Crippen LogP contribution < -0.4 is 0 Å². The number of piperazine rings is 1. The van der Waals surface area contributed by atoms with Crippen LogP contribution in [0.1, 0.15) is 33.3 Å². The summed E-state index contributed by atoms with van der Waals surface area (Å²) in [6, 6.07) is 6.04. The predicted octanol–water partition coefficient (Wildman–Crippen LogP) is -0.00800. The summed E-state index contributed by atoms with van der Waals surface area (Å²) in [7, 11) is 0. The van der Waals surface area contributed by atoms with Crippen LogP contribution in [0.15, 0.2) is 36.9 Å². The Balaban J connectivity index is 1.05. The molecular formula is C23H24N8O4. The number of nitrogens with zero attached hydrogens (tertiary/aromatic N) is 8. The SMILES string of the molecule is O=C1OCCc2cc([C@@H]3CN4CCN(C(=O)Cc5cnc(-n6cnnn6)cn5)C[C@H]4CO3)ccc21. The summed E-state index contributed by atoms with van der Waals surface area (Å²) >= 11 is 0. The Morgan fingerprint density at radius 3 is 2.91 bits per heavy atom. The zero-order valence-electron chi connectivity index (χ0n) is 19.0. The van der Waals surface area contributed by atoms with Gasteiger partial charge in [-0.3, -0.25) is 14.7 Å². The van der Waals surface area contributed by atoms with Crippen molar-refractivity contribution in [2.75, 3.05) is 39.4 Å². The third-order valence-corrected chi connectivity index (χ3v) is 6.78. The second-order valence-corrected chi connectivity index (χ2v) is 8.91. The van der Waals surface area contributed by atoms with Crippen molar-refractivity contribution < 1.29 is 19.1 Å². The largest absolute Gasteiger partial charge is 0.462 e. The number of carbonyl (C=O) groups excluding carboxylic acids is 2. The molecule has 2 atom stereocenters. The number of aromatic nitrogens is 6. The first kappa shape index (κ1) is 21.7. The Hall–Kier alpha value is -3.77. The van der Waals surface area contributed by atoms with Crippen LogP contribution in [0.5, 0.6) is 0 Å². The van der Waals surface area contributed by atoms with Crippen LogP contribution in [0.4, 0.5) is 0 Å². The molecule has 0 spiro atoms. The van der Waals surface area contributed by atoms with Crippen LogP contribution in [0.25, 0.3) is 5.82 Å². The number of hydrogen-bond donors (Lipinski definition) is 0. The van der Waals surface area contributed by atoms with Gasteiger partial charge in [-0.1, -0.05) is 12.1 Å². The molecule has 0 unspecified atom stereocenters. The maximum absolute atomic E-state index is 12.9. The van der Waals surface area contributed by atoms with E-state index < -0.39 is 0 Å². The van der Waals surface area contributed by atoms with Gasteiger partial charge in [0.1, 0.15) is 6.33 Å². The van der Waals surface area contributed by atoms with E-state index in [9.17, 15) is 9.59 Å². The molecule has 180 valence electrons. The number of morpholine rings is 1. The van der Waals surface area contributed by atoms with Gasteiger partial charge in [-0.15, -0.1) is 5.10 Å². The Bertz CT molecular complexity index is 1230. The second-order valence-electron chi connectivity index (χ2n) is 8.91. The number of cyclic esters (lactones) is 1. The zero-order valence-corrected chi connectivity index (χ0v) is 19.0. The molecule has 1 aromatic carbocycles. The molecule has 1 amide bonds. The first-order valence-electron chi connectivity index (χ1n) is 11.6. The minimum atomic E-state index is -0.252. The molecule has 35 heavy (non-hydrogen) atoms. The molecule has 3 aliphatic rings. The number of tetrazole rings is 1. The van der Waals surface area contributed by atoms with Crippen LogP contribution in [-0.4, -0.2) is 97.3 Å². The van der Waals surface area contributed by atoms with Gasteiger partial charge in [0, 0.05) is 32.6 Å². The zero-order chi connectivity index (χ0) is 23.8. The maximum atomic E-state index is 12.9. The fraction of sp³-hybridized carbons (Fsp3) is 0.435. The van der Waals surface area contributed by atoms with Crippen molar-refractivity contribution >= 4 is 11.9 Å². The summed E-state index contributed by atoms with van der Waals surface area (Å²) in [6.45, 7) is 3.81. The monoisotopic (exact) mass is 476 g/mol. The highest BCUT2D eigenvalue weighted by Gasteiger charge is 2.36. The predicted molar refractivity (Wildman–Crippen MR) is 120 cm³/mol. The highest BCUT2D eigenvalue weighted by molar-refractivity contribution is 5.92. The quantitative estimate of drug-likeness (QED) is 0.474. The van der Waals surface area contributed by atoms with Crippen molar-refractivity contribution in [2.45, 2.75) is 25.0 Å². The van der Waals surface area contributed by atoms with Gasteiger partial charge in [-0.05, 0) is 27.6 Å². The number of rotatable bonds is 4. The van der Waals surface area contributed by atoms with E-state index in [2.05, 4.69) is 36.5 Å². The topological polar surface area (TPSA) is 128 Å². The van der Waals surface area contributed by atoms with E-state index in [-0.39, 0.29) is 30.4 Å². The average molecular weight is 476 g/mol. The van der Waals surface area contributed by atoms with E-state index in [1.807, 2.05) is 17.0 Å². The molecular weight excluding hydrogens is 452 g/mol. The van der Waals surface area contributed by atoms with Crippen molar-refractivity contribution in [1.82, 2.24) is 40.0 Å². The number of ether oxygens (including phenoxy) is 2. The normalized spacial score (nSPS) is 22.3. The van der Waals surface area contributed by atoms with Gasteiger partial charge in [0.15, 0.2) is 5.82 Å². The van der Waals surface area contributed by atoms with Gasteiger partial charge in [0.25, 0.3) is 0 Å². The van der Waals surface area contributed by atoms with E-state index in [0.717, 1.165) is 30.6 Å². The fourth-order valence-corrected chi connectivity index (χ4v) is 4.85. The standard InChI is InChI=1S/C23H24N8O4/c32-22(8-17-9-25-21(10-24-17)31-14-26-27-28-31)30-5-4-29-12-20(35-13-18(29)11-30)16-1-2-19-15(7-16)3-6-34-23(19)33/h1-2,7,9-10,14,18,20H,3-6,8,11-13H2/t18-,20-/m0/s1. The molecule has 2 fully saturated rings. The highest BCUT2D eigenvalue weighted by Crippen LogP contribution is 2.29. The number of benzene rings is 1. The van der Waals surface area contributed by atoms with E-state index in [1.54, 1.807) is 12.4 Å². The first-order chi connectivity index (χ1) is 17.1. The summed E-state index contributed by atoms with van der Waals surface area (Å²) in [5, 5.41) is 10.9. The van der Waals surface area contributed by atoms with E-state index in [0.29, 0.717) is 43.4 Å². The van der Waals surface area contributed by atoms with E-state index in [1.165, 1.54) is 11.0 Å². The molecule has 2 saturated heterocycles.